The summed E-state index contributed by atoms with van der Waals surface area (Å²) < 4.78 is 19.7. The lowest BCUT2D eigenvalue weighted by atomic mass is 10.3. The first-order chi connectivity index (χ1) is 8.72. The molecule has 96 valence electrons. The average Bonchev–Trinajstić information content (AvgIpc) is 2.78. The summed E-state index contributed by atoms with van der Waals surface area (Å²) in [6, 6.07) is 4.25. The van der Waals surface area contributed by atoms with E-state index < -0.39 is 0 Å². The Labute approximate surface area is 109 Å². The summed E-state index contributed by atoms with van der Waals surface area (Å²) >= 11 is 6.01. The highest BCUT2D eigenvalue weighted by molar-refractivity contribution is 6.32. The first-order valence-corrected chi connectivity index (χ1v) is 5.81. The third-order valence-corrected chi connectivity index (χ3v) is 2.70. The Balaban J connectivity index is 2.25. The van der Waals surface area contributed by atoms with Gasteiger partial charge in [0.2, 0.25) is 5.95 Å². The van der Waals surface area contributed by atoms with Gasteiger partial charge in [-0.3, -0.25) is 4.57 Å². The molecule has 0 saturated heterocycles. The van der Waals surface area contributed by atoms with Crippen molar-refractivity contribution in [2.24, 2.45) is 0 Å². The molecule has 2 rings (SSSR count). The van der Waals surface area contributed by atoms with Crippen LogP contribution in [0.25, 0.3) is 5.69 Å². The van der Waals surface area contributed by atoms with E-state index in [4.69, 9.17) is 16.3 Å². The van der Waals surface area contributed by atoms with Crippen molar-refractivity contribution >= 4 is 17.5 Å². The molecule has 4 nitrogen and oxygen atoms in total. The molecule has 0 spiro atoms. The Morgan fingerprint density at radius 3 is 3.06 bits per heavy atom. The summed E-state index contributed by atoms with van der Waals surface area (Å²) in [7, 11) is 1.63. The number of methoxy groups -OCH3 is 1. The normalized spacial score (nSPS) is 10.6. The number of nitrogens with one attached hydrogen (secondary N) is 1. The van der Waals surface area contributed by atoms with Gasteiger partial charge < -0.3 is 10.1 Å². The minimum atomic E-state index is -0.363. The lowest BCUT2D eigenvalue weighted by Crippen LogP contribution is -2.11. The molecule has 0 saturated carbocycles. The van der Waals surface area contributed by atoms with E-state index in [2.05, 4.69) is 10.3 Å². The number of rotatable bonds is 5. The summed E-state index contributed by atoms with van der Waals surface area (Å²) in [6.45, 7) is 1.20. The van der Waals surface area contributed by atoms with Crippen molar-refractivity contribution in [2.45, 2.75) is 0 Å². The van der Waals surface area contributed by atoms with Crippen LogP contribution in [0.3, 0.4) is 0 Å². The summed E-state index contributed by atoms with van der Waals surface area (Å²) in [5.74, 6) is 0.276. The third-order valence-electron chi connectivity index (χ3n) is 2.40. The van der Waals surface area contributed by atoms with E-state index in [-0.39, 0.29) is 5.82 Å². The maximum absolute atomic E-state index is 13.0. The minimum absolute atomic E-state index is 0.336. The number of aromatic nitrogens is 2. The van der Waals surface area contributed by atoms with E-state index in [9.17, 15) is 4.39 Å². The van der Waals surface area contributed by atoms with Crippen LogP contribution in [0.1, 0.15) is 0 Å². The molecule has 1 aromatic heterocycles. The van der Waals surface area contributed by atoms with Gasteiger partial charge in [0, 0.05) is 26.0 Å². The summed E-state index contributed by atoms with van der Waals surface area (Å²) in [4.78, 5) is 4.17. The van der Waals surface area contributed by atoms with Crippen molar-refractivity contribution in [2.75, 3.05) is 25.6 Å². The second-order valence-electron chi connectivity index (χ2n) is 3.64. The van der Waals surface area contributed by atoms with Crippen molar-refractivity contribution in [1.29, 1.82) is 0 Å². The number of benzene rings is 1. The number of halogens is 2. The molecule has 0 radical (unpaired) electrons. The van der Waals surface area contributed by atoms with Gasteiger partial charge in [-0.1, -0.05) is 11.6 Å². The van der Waals surface area contributed by atoms with E-state index in [1.165, 1.54) is 12.1 Å². The van der Waals surface area contributed by atoms with Crippen LogP contribution in [-0.4, -0.2) is 29.8 Å². The standard InChI is InChI=1S/C12H13ClFN3O/c1-18-7-5-16-12-15-4-6-17(12)11-3-2-9(14)8-10(11)13/h2-4,6,8H,5,7H2,1H3,(H,15,16). The van der Waals surface area contributed by atoms with Gasteiger partial charge in [0.15, 0.2) is 0 Å². The molecular formula is C12H13ClFN3O. The number of ether oxygens (including phenoxy) is 1. The van der Waals surface area contributed by atoms with Crippen molar-refractivity contribution < 1.29 is 9.13 Å². The van der Waals surface area contributed by atoms with Crippen LogP contribution in [0, 0.1) is 5.82 Å². The van der Waals surface area contributed by atoms with Gasteiger partial charge in [-0.2, -0.15) is 0 Å². The number of hydrogen-bond donors (Lipinski definition) is 1. The molecule has 1 N–H and O–H groups in total. The van der Waals surface area contributed by atoms with Crippen LogP contribution < -0.4 is 5.32 Å². The van der Waals surface area contributed by atoms with Gasteiger partial charge in [-0.05, 0) is 18.2 Å². The fraction of sp³-hybridized carbons (Fsp3) is 0.250. The molecule has 1 heterocycles. The highest BCUT2D eigenvalue weighted by Crippen LogP contribution is 2.24. The van der Waals surface area contributed by atoms with Gasteiger partial charge in [0.25, 0.3) is 0 Å². The summed E-state index contributed by atoms with van der Waals surface area (Å²) in [6.07, 6.45) is 3.41. The molecule has 0 atom stereocenters. The third kappa shape index (κ3) is 2.80. The van der Waals surface area contributed by atoms with Crippen LogP contribution >= 0.6 is 11.6 Å². The van der Waals surface area contributed by atoms with Gasteiger partial charge in [-0.15, -0.1) is 0 Å². The zero-order valence-electron chi connectivity index (χ0n) is 9.86. The van der Waals surface area contributed by atoms with Gasteiger partial charge in [0.05, 0.1) is 17.3 Å². The predicted molar refractivity (Wildman–Crippen MR) is 68.9 cm³/mol. The Hall–Kier alpha value is -1.59. The van der Waals surface area contributed by atoms with Crippen LogP contribution in [0.4, 0.5) is 10.3 Å². The van der Waals surface area contributed by atoms with Gasteiger partial charge in [0.1, 0.15) is 5.82 Å². The van der Waals surface area contributed by atoms with E-state index in [1.807, 2.05) is 0 Å². The second kappa shape index (κ2) is 5.84. The van der Waals surface area contributed by atoms with Crippen LogP contribution in [0.2, 0.25) is 5.02 Å². The first kappa shape index (κ1) is 12.9. The molecule has 0 amide bonds. The predicted octanol–water partition coefficient (Wildman–Crippen LogP) is 2.72. The number of imidazole rings is 1. The number of anilines is 1. The maximum Gasteiger partial charge on any atom is 0.207 e. The smallest absolute Gasteiger partial charge is 0.207 e. The molecular weight excluding hydrogens is 257 g/mol. The Bertz CT molecular complexity index is 530. The SMILES string of the molecule is COCCNc1nccn1-c1ccc(F)cc1Cl. The lowest BCUT2D eigenvalue weighted by molar-refractivity contribution is 0.210. The maximum atomic E-state index is 13.0. The topological polar surface area (TPSA) is 39.1 Å². The van der Waals surface area contributed by atoms with Crippen molar-refractivity contribution in [3.8, 4) is 5.69 Å². The monoisotopic (exact) mass is 269 g/mol. The number of nitrogens with zero attached hydrogens (tertiary/aromatic N) is 2. The van der Waals surface area contributed by atoms with E-state index >= 15 is 0 Å². The minimum Gasteiger partial charge on any atom is -0.383 e. The molecule has 1 aromatic carbocycles. The quantitative estimate of drug-likeness (QED) is 0.849. The molecule has 0 aliphatic rings. The van der Waals surface area contributed by atoms with Crippen molar-refractivity contribution in [1.82, 2.24) is 9.55 Å². The molecule has 0 aliphatic carbocycles. The van der Waals surface area contributed by atoms with Gasteiger partial charge in [-0.25, -0.2) is 9.37 Å². The van der Waals surface area contributed by atoms with E-state index in [0.29, 0.717) is 29.8 Å². The highest BCUT2D eigenvalue weighted by atomic mass is 35.5. The van der Waals surface area contributed by atoms with E-state index in [1.54, 1.807) is 30.1 Å². The molecule has 0 unspecified atom stereocenters. The highest BCUT2D eigenvalue weighted by Gasteiger charge is 2.08. The fourth-order valence-electron chi connectivity index (χ4n) is 1.57. The largest absolute Gasteiger partial charge is 0.383 e. The average molecular weight is 270 g/mol. The molecule has 2 aromatic rings. The zero-order chi connectivity index (χ0) is 13.0. The summed E-state index contributed by atoms with van der Waals surface area (Å²) in [5, 5.41) is 3.44. The molecule has 0 aliphatic heterocycles. The first-order valence-electron chi connectivity index (χ1n) is 5.44. The van der Waals surface area contributed by atoms with E-state index in [0.717, 1.165) is 0 Å². The Morgan fingerprint density at radius 1 is 1.50 bits per heavy atom. The Kier molecular flexibility index (Phi) is 4.17. The van der Waals surface area contributed by atoms with Crippen molar-refractivity contribution in [3.63, 3.8) is 0 Å². The van der Waals surface area contributed by atoms with Crippen LogP contribution in [-0.2, 0) is 4.74 Å². The summed E-state index contributed by atoms with van der Waals surface area (Å²) in [5.41, 5.74) is 0.676. The van der Waals surface area contributed by atoms with Crippen molar-refractivity contribution in [3.05, 3.63) is 41.4 Å². The van der Waals surface area contributed by atoms with Crippen LogP contribution in [0.5, 0.6) is 0 Å². The fourth-order valence-corrected chi connectivity index (χ4v) is 1.83. The molecule has 0 bridgehead atoms. The van der Waals surface area contributed by atoms with Crippen LogP contribution in [0.15, 0.2) is 30.6 Å². The number of hydrogen-bond acceptors (Lipinski definition) is 3. The molecule has 0 fully saturated rings. The molecule has 6 heteroatoms. The lowest BCUT2D eigenvalue weighted by Gasteiger charge is -2.11. The second-order valence-corrected chi connectivity index (χ2v) is 4.04. The Morgan fingerprint density at radius 2 is 2.33 bits per heavy atom. The van der Waals surface area contributed by atoms with Gasteiger partial charge >= 0.3 is 0 Å². The molecule has 18 heavy (non-hydrogen) atoms. The zero-order valence-corrected chi connectivity index (χ0v) is 10.6.